The Bertz CT molecular complexity index is 580. The van der Waals surface area contributed by atoms with E-state index in [9.17, 15) is 0 Å². The zero-order valence-corrected chi connectivity index (χ0v) is 12.6. The molecule has 4 nitrogen and oxygen atoms in total. The van der Waals surface area contributed by atoms with E-state index in [1.807, 2.05) is 30.2 Å². The van der Waals surface area contributed by atoms with Gasteiger partial charge in [0.15, 0.2) is 5.82 Å². The maximum Gasteiger partial charge on any atom is 0.154 e. The highest BCUT2D eigenvalue weighted by atomic mass is 35.5. The molecule has 1 fully saturated rings. The summed E-state index contributed by atoms with van der Waals surface area (Å²) >= 11 is 6.10. The molecule has 1 saturated carbocycles. The van der Waals surface area contributed by atoms with Gasteiger partial charge in [0.2, 0.25) is 0 Å². The van der Waals surface area contributed by atoms with Crippen LogP contribution in [0.4, 0.5) is 5.82 Å². The molecule has 2 atom stereocenters. The van der Waals surface area contributed by atoms with Crippen LogP contribution in [0.1, 0.15) is 25.7 Å². The number of alkyl halides is 1. The summed E-state index contributed by atoms with van der Waals surface area (Å²) in [5, 5.41) is 3.49. The van der Waals surface area contributed by atoms with Crippen molar-refractivity contribution in [2.45, 2.75) is 25.7 Å². The second-order valence-electron chi connectivity index (χ2n) is 5.72. The molecule has 2 heterocycles. The number of aromatic nitrogens is 3. The van der Waals surface area contributed by atoms with Crippen LogP contribution in [0, 0.1) is 11.8 Å². The lowest BCUT2D eigenvalue weighted by atomic mass is 9.80. The number of nitrogens with one attached hydrogen (secondary N) is 1. The molecule has 1 N–H and O–H groups in total. The minimum Gasteiger partial charge on any atom is -0.368 e. The van der Waals surface area contributed by atoms with E-state index in [1.54, 1.807) is 0 Å². The number of anilines is 1. The molecule has 0 aliphatic heterocycles. The first kappa shape index (κ1) is 13.7. The Labute approximate surface area is 124 Å². The smallest absolute Gasteiger partial charge is 0.154 e. The largest absolute Gasteiger partial charge is 0.368 e. The summed E-state index contributed by atoms with van der Waals surface area (Å²) in [7, 11) is 2.00. The van der Waals surface area contributed by atoms with Gasteiger partial charge >= 0.3 is 0 Å². The van der Waals surface area contributed by atoms with E-state index in [-0.39, 0.29) is 0 Å². The number of hydrogen-bond donors (Lipinski definition) is 1. The predicted octanol–water partition coefficient (Wildman–Crippen LogP) is 3.43. The van der Waals surface area contributed by atoms with Crippen molar-refractivity contribution in [2.75, 3.05) is 17.7 Å². The van der Waals surface area contributed by atoms with Crippen molar-refractivity contribution in [3.63, 3.8) is 0 Å². The molecule has 5 heteroatoms. The Morgan fingerprint density at radius 3 is 2.90 bits per heavy atom. The molecule has 2 aromatic rings. The van der Waals surface area contributed by atoms with Gasteiger partial charge in [0.25, 0.3) is 0 Å². The Morgan fingerprint density at radius 2 is 2.10 bits per heavy atom. The fraction of sp³-hybridized carbons (Fsp3) is 0.600. The Balaban J connectivity index is 1.73. The molecule has 0 bridgehead atoms. The number of fused-ring (bicyclic) bond motifs is 1. The first-order valence-corrected chi connectivity index (χ1v) is 7.89. The van der Waals surface area contributed by atoms with Gasteiger partial charge in [-0.15, -0.1) is 11.6 Å². The van der Waals surface area contributed by atoms with Crippen molar-refractivity contribution >= 4 is 28.5 Å². The maximum absolute atomic E-state index is 6.10. The van der Waals surface area contributed by atoms with Crippen molar-refractivity contribution < 1.29 is 0 Å². The number of rotatable bonds is 4. The van der Waals surface area contributed by atoms with Gasteiger partial charge in [-0.2, -0.15) is 0 Å². The number of pyridine rings is 1. The second kappa shape index (κ2) is 6.00. The van der Waals surface area contributed by atoms with Crippen molar-refractivity contribution in [1.82, 2.24) is 14.5 Å². The van der Waals surface area contributed by atoms with Crippen molar-refractivity contribution in [3.05, 3.63) is 18.6 Å². The molecule has 0 spiro atoms. The van der Waals surface area contributed by atoms with Crippen LogP contribution < -0.4 is 5.32 Å². The second-order valence-corrected chi connectivity index (χ2v) is 6.03. The zero-order chi connectivity index (χ0) is 13.9. The predicted molar refractivity (Wildman–Crippen MR) is 83.2 cm³/mol. The van der Waals surface area contributed by atoms with Crippen molar-refractivity contribution in [2.24, 2.45) is 18.9 Å². The third-order valence-corrected chi connectivity index (χ3v) is 4.84. The van der Waals surface area contributed by atoms with E-state index in [0.29, 0.717) is 11.8 Å². The summed E-state index contributed by atoms with van der Waals surface area (Å²) < 4.78 is 2.02. The molecule has 1 aliphatic rings. The van der Waals surface area contributed by atoms with Gasteiger partial charge in [-0.3, -0.25) is 0 Å². The summed E-state index contributed by atoms with van der Waals surface area (Å²) in [6.07, 6.45) is 8.84. The first-order valence-electron chi connectivity index (χ1n) is 7.35. The molecule has 0 radical (unpaired) electrons. The molecule has 1 aliphatic carbocycles. The normalized spacial score (nSPS) is 23.1. The van der Waals surface area contributed by atoms with Crippen molar-refractivity contribution in [3.8, 4) is 0 Å². The van der Waals surface area contributed by atoms with E-state index < -0.39 is 0 Å². The first-order chi connectivity index (χ1) is 9.79. The molecule has 3 rings (SSSR count). The van der Waals surface area contributed by atoms with E-state index in [0.717, 1.165) is 29.3 Å². The molecule has 108 valence electrons. The molecule has 0 saturated heterocycles. The van der Waals surface area contributed by atoms with Crippen LogP contribution in [0.15, 0.2) is 18.6 Å². The fourth-order valence-electron chi connectivity index (χ4n) is 3.18. The van der Waals surface area contributed by atoms with Gasteiger partial charge in [0, 0.05) is 25.7 Å². The number of aryl methyl sites for hydroxylation is 1. The number of hydrogen-bond acceptors (Lipinski definition) is 3. The maximum atomic E-state index is 6.10. The number of nitrogens with zero attached hydrogens (tertiary/aromatic N) is 3. The van der Waals surface area contributed by atoms with Crippen LogP contribution in [-0.4, -0.2) is 27.0 Å². The lowest BCUT2D eigenvalue weighted by Crippen LogP contribution is -2.27. The highest BCUT2D eigenvalue weighted by Gasteiger charge is 2.24. The van der Waals surface area contributed by atoms with Crippen LogP contribution >= 0.6 is 11.6 Å². The van der Waals surface area contributed by atoms with Gasteiger partial charge in [-0.05, 0) is 30.7 Å². The molecule has 2 aromatic heterocycles. The van der Waals surface area contributed by atoms with Gasteiger partial charge in [-0.25, -0.2) is 9.97 Å². The standard InChI is InChI=1S/C15H21ClN4/c1-20-10-19-14-13(20)6-7-17-15(14)18-9-12-5-3-2-4-11(12)8-16/h6-7,10-12H,2-5,8-9H2,1H3,(H,17,18). The minimum absolute atomic E-state index is 0.640. The quantitative estimate of drug-likeness (QED) is 0.878. The Hall–Kier alpha value is -1.29. The van der Waals surface area contributed by atoms with Gasteiger partial charge < -0.3 is 9.88 Å². The summed E-state index contributed by atoms with van der Waals surface area (Å²) in [5.74, 6) is 2.96. The lowest BCUT2D eigenvalue weighted by molar-refractivity contribution is 0.272. The van der Waals surface area contributed by atoms with E-state index in [4.69, 9.17) is 11.6 Å². The summed E-state index contributed by atoms with van der Waals surface area (Å²) in [5.41, 5.74) is 2.06. The Kier molecular flexibility index (Phi) is 4.10. The SMILES string of the molecule is Cn1cnc2c(NCC3CCCCC3CCl)nccc21. The summed E-state index contributed by atoms with van der Waals surface area (Å²) in [6, 6.07) is 2.00. The molecule has 0 amide bonds. The number of imidazole rings is 1. The van der Waals surface area contributed by atoms with Gasteiger partial charge in [0.05, 0.1) is 11.8 Å². The van der Waals surface area contributed by atoms with E-state index in [1.165, 1.54) is 25.7 Å². The topological polar surface area (TPSA) is 42.7 Å². The number of halogens is 1. The van der Waals surface area contributed by atoms with E-state index >= 15 is 0 Å². The van der Waals surface area contributed by atoms with Gasteiger partial charge in [0.1, 0.15) is 5.52 Å². The fourth-order valence-corrected chi connectivity index (χ4v) is 3.58. The molecule has 0 aromatic carbocycles. The van der Waals surface area contributed by atoms with Crippen LogP contribution in [0.3, 0.4) is 0 Å². The molecular weight excluding hydrogens is 272 g/mol. The molecule has 20 heavy (non-hydrogen) atoms. The summed E-state index contributed by atoms with van der Waals surface area (Å²) in [6.45, 7) is 0.945. The minimum atomic E-state index is 0.640. The van der Waals surface area contributed by atoms with Crippen LogP contribution in [-0.2, 0) is 7.05 Å². The lowest BCUT2D eigenvalue weighted by Gasteiger charge is -2.30. The average molecular weight is 293 g/mol. The molecular formula is C15H21ClN4. The average Bonchev–Trinajstić information content (AvgIpc) is 2.88. The van der Waals surface area contributed by atoms with Crippen LogP contribution in [0.25, 0.3) is 11.0 Å². The van der Waals surface area contributed by atoms with E-state index in [2.05, 4.69) is 15.3 Å². The van der Waals surface area contributed by atoms with Crippen LogP contribution in [0.2, 0.25) is 0 Å². The highest BCUT2D eigenvalue weighted by Crippen LogP contribution is 2.31. The molecule has 2 unspecified atom stereocenters. The van der Waals surface area contributed by atoms with Gasteiger partial charge in [-0.1, -0.05) is 12.8 Å². The third kappa shape index (κ3) is 2.62. The van der Waals surface area contributed by atoms with Crippen LogP contribution in [0.5, 0.6) is 0 Å². The summed E-state index contributed by atoms with van der Waals surface area (Å²) in [4.78, 5) is 8.87. The Morgan fingerprint density at radius 1 is 1.30 bits per heavy atom. The van der Waals surface area contributed by atoms with Crippen molar-refractivity contribution in [1.29, 1.82) is 0 Å². The monoisotopic (exact) mass is 292 g/mol. The zero-order valence-electron chi connectivity index (χ0n) is 11.8. The highest BCUT2D eigenvalue weighted by molar-refractivity contribution is 6.18. The third-order valence-electron chi connectivity index (χ3n) is 4.44.